The Bertz CT molecular complexity index is 1140. The number of nitrogens with two attached hydrogens (primary N) is 1. The standard InChI is InChI=1S/C23H25N5O3S2/c1-14-12-17(24)26-23(25-14)32-13-18(29)27-21-19(22(30)28-8-10-31-11-9-28)15(2)20(33-21)16-6-4-3-5-7-16/h3-7,12H,8-11,13H2,1-2H3,(H,27,29)(H2,24,25,26). The number of nitrogens with zero attached hydrogens (tertiary/aromatic N) is 3. The molecule has 2 amide bonds. The lowest BCUT2D eigenvalue weighted by Crippen LogP contribution is -2.41. The third-order valence-electron chi connectivity index (χ3n) is 5.13. The molecule has 0 saturated carbocycles. The van der Waals surface area contributed by atoms with Crippen LogP contribution in [-0.4, -0.2) is 58.7 Å². The zero-order valence-corrected chi connectivity index (χ0v) is 20.1. The smallest absolute Gasteiger partial charge is 0.257 e. The number of carbonyl (C=O) groups is 2. The van der Waals surface area contributed by atoms with Gasteiger partial charge < -0.3 is 20.7 Å². The fourth-order valence-electron chi connectivity index (χ4n) is 3.57. The van der Waals surface area contributed by atoms with Crippen molar-refractivity contribution in [3.8, 4) is 10.4 Å². The van der Waals surface area contributed by atoms with E-state index in [1.807, 2.05) is 44.2 Å². The van der Waals surface area contributed by atoms with Gasteiger partial charge >= 0.3 is 0 Å². The highest BCUT2D eigenvalue weighted by Gasteiger charge is 2.28. The van der Waals surface area contributed by atoms with Crippen LogP contribution in [0.5, 0.6) is 0 Å². The maximum atomic E-state index is 13.4. The van der Waals surface area contributed by atoms with Crippen molar-refractivity contribution in [1.82, 2.24) is 14.9 Å². The number of thiophene rings is 1. The van der Waals surface area contributed by atoms with Gasteiger partial charge in [-0.1, -0.05) is 42.1 Å². The Morgan fingerprint density at radius 3 is 2.61 bits per heavy atom. The van der Waals surface area contributed by atoms with Crippen molar-refractivity contribution in [1.29, 1.82) is 0 Å². The van der Waals surface area contributed by atoms with Crippen LogP contribution in [0, 0.1) is 13.8 Å². The Labute approximate surface area is 200 Å². The van der Waals surface area contributed by atoms with Gasteiger partial charge in [0.2, 0.25) is 5.91 Å². The number of anilines is 2. The molecule has 10 heteroatoms. The number of aromatic nitrogens is 2. The van der Waals surface area contributed by atoms with E-state index in [1.54, 1.807) is 11.0 Å². The largest absolute Gasteiger partial charge is 0.384 e. The Kier molecular flexibility index (Phi) is 7.26. The van der Waals surface area contributed by atoms with Crippen LogP contribution < -0.4 is 11.1 Å². The van der Waals surface area contributed by atoms with Crippen molar-refractivity contribution in [2.45, 2.75) is 19.0 Å². The first-order valence-corrected chi connectivity index (χ1v) is 12.3. The molecule has 0 spiro atoms. The van der Waals surface area contributed by atoms with Gasteiger partial charge in [-0.25, -0.2) is 9.97 Å². The normalized spacial score (nSPS) is 13.7. The molecule has 4 rings (SSSR count). The average Bonchev–Trinajstić information content (AvgIpc) is 3.13. The summed E-state index contributed by atoms with van der Waals surface area (Å²) in [6, 6.07) is 11.5. The van der Waals surface area contributed by atoms with Gasteiger partial charge in [-0.05, 0) is 25.0 Å². The number of hydrogen-bond acceptors (Lipinski definition) is 8. The monoisotopic (exact) mass is 483 g/mol. The number of nitrogens with one attached hydrogen (secondary N) is 1. The molecule has 1 saturated heterocycles. The Hall–Kier alpha value is -2.95. The lowest BCUT2D eigenvalue weighted by Gasteiger charge is -2.27. The van der Waals surface area contributed by atoms with E-state index in [-0.39, 0.29) is 17.6 Å². The van der Waals surface area contributed by atoms with Gasteiger partial charge in [-0.2, -0.15) is 0 Å². The molecule has 0 aliphatic carbocycles. The van der Waals surface area contributed by atoms with Crippen LogP contribution in [0.15, 0.2) is 41.6 Å². The second-order valence-corrected chi connectivity index (χ2v) is 9.55. The Morgan fingerprint density at radius 2 is 1.91 bits per heavy atom. The Balaban J connectivity index is 1.58. The van der Waals surface area contributed by atoms with E-state index in [0.29, 0.717) is 47.8 Å². The summed E-state index contributed by atoms with van der Waals surface area (Å²) in [7, 11) is 0. The van der Waals surface area contributed by atoms with E-state index in [4.69, 9.17) is 10.5 Å². The number of amides is 2. The first-order chi connectivity index (χ1) is 15.9. The lowest BCUT2D eigenvalue weighted by molar-refractivity contribution is -0.113. The van der Waals surface area contributed by atoms with Crippen molar-refractivity contribution in [3.63, 3.8) is 0 Å². The topological polar surface area (TPSA) is 110 Å². The molecule has 8 nitrogen and oxygen atoms in total. The number of morpholine rings is 1. The molecule has 1 aliphatic heterocycles. The highest BCUT2D eigenvalue weighted by Crippen LogP contribution is 2.40. The van der Waals surface area contributed by atoms with Gasteiger partial charge in [0, 0.05) is 29.7 Å². The number of benzene rings is 1. The average molecular weight is 484 g/mol. The van der Waals surface area contributed by atoms with Crippen LogP contribution >= 0.6 is 23.1 Å². The molecular formula is C23H25N5O3S2. The van der Waals surface area contributed by atoms with Crippen molar-refractivity contribution in [2.75, 3.05) is 43.1 Å². The molecular weight excluding hydrogens is 458 g/mol. The minimum atomic E-state index is -0.236. The number of aryl methyl sites for hydroxylation is 1. The predicted octanol–water partition coefficient (Wildman–Crippen LogP) is 3.61. The van der Waals surface area contributed by atoms with Crippen LogP contribution in [0.4, 0.5) is 10.8 Å². The van der Waals surface area contributed by atoms with Gasteiger partial charge in [0.25, 0.3) is 5.91 Å². The summed E-state index contributed by atoms with van der Waals surface area (Å²) >= 11 is 2.62. The van der Waals surface area contributed by atoms with Gasteiger partial charge in [0.15, 0.2) is 5.16 Å². The third-order valence-corrected chi connectivity index (χ3v) is 7.24. The molecule has 0 atom stereocenters. The van der Waals surface area contributed by atoms with E-state index >= 15 is 0 Å². The van der Waals surface area contributed by atoms with Gasteiger partial charge in [0.05, 0.1) is 24.5 Å². The second-order valence-electron chi connectivity index (χ2n) is 7.58. The fraction of sp³-hybridized carbons (Fsp3) is 0.304. The minimum Gasteiger partial charge on any atom is -0.384 e. The molecule has 3 aromatic rings. The number of rotatable bonds is 6. The van der Waals surface area contributed by atoms with E-state index in [0.717, 1.165) is 21.7 Å². The number of carbonyl (C=O) groups excluding carboxylic acids is 2. The second kappa shape index (κ2) is 10.3. The molecule has 172 valence electrons. The van der Waals surface area contributed by atoms with Crippen LogP contribution in [-0.2, 0) is 9.53 Å². The molecule has 1 aromatic carbocycles. The molecule has 0 radical (unpaired) electrons. The summed E-state index contributed by atoms with van der Waals surface area (Å²) in [5.41, 5.74) is 8.92. The summed E-state index contributed by atoms with van der Waals surface area (Å²) in [6.45, 7) is 5.84. The van der Waals surface area contributed by atoms with Gasteiger partial charge in [0.1, 0.15) is 10.8 Å². The van der Waals surface area contributed by atoms with Gasteiger partial charge in [-0.3, -0.25) is 9.59 Å². The number of hydrogen-bond donors (Lipinski definition) is 2. The van der Waals surface area contributed by atoms with E-state index < -0.39 is 0 Å². The zero-order chi connectivity index (χ0) is 23.4. The SMILES string of the molecule is Cc1cc(N)nc(SCC(=O)Nc2sc(-c3ccccc3)c(C)c2C(=O)N2CCOCC2)n1. The first kappa shape index (κ1) is 23.2. The highest BCUT2D eigenvalue weighted by atomic mass is 32.2. The maximum absolute atomic E-state index is 13.4. The molecule has 1 fully saturated rings. The summed E-state index contributed by atoms with van der Waals surface area (Å²) < 4.78 is 5.39. The van der Waals surface area contributed by atoms with E-state index in [9.17, 15) is 9.59 Å². The molecule has 1 aliphatic rings. The Morgan fingerprint density at radius 1 is 1.18 bits per heavy atom. The van der Waals surface area contributed by atoms with Crippen molar-refractivity contribution in [2.24, 2.45) is 0 Å². The molecule has 0 unspecified atom stereocenters. The molecule has 2 aromatic heterocycles. The van der Waals surface area contributed by atoms with Crippen LogP contribution in [0.25, 0.3) is 10.4 Å². The van der Waals surface area contributed by atoms with Crippen LogP contribution in [0.3, 0.4) is 0 Å². The number of thioether (sulfide) groups is 1. The van der Waals surface area contributed by atoms with E-state index in [2.05, 4.69) is 15.3 Å². The fourth-order valence-corrected chi connectivity index (χ4v) is 5.50. The number of ether oxygens (including phenoxy) is 1. The van der Waals surface area contributed by atoms with Crippen molar-refractivity contribution in [3.05, 3.63) is 53.2 Å². The molecule has 3 N–H and O–H groups in total. The third kappa shape index (κ3) is 5.52. The summed E-state index contributed by atoms with van der Waals surface area (Å²) in [4.78, 5) is 37.4. The van der Waals surface area contributed by atoms with Crippen LogP contribution in [0.1, 0.15) is 21.6 Å². The van der Waals surface area contributed by atoms with Crippen molar-refractivity contribution < 1.29 is 14.3 Å². The van der Waals surface area contributed by atoms with E-state index in [1.165, 1.54) is 23.1 Å². The zero-order valence-electron chi connectivity index (χ0n) is 18.5. The molecule has 0 bridgehead atoms. The predicted molar refractivity (Wildman–Crippen MR) is 132 cm³/mol. The lowest BCUT2D eigenvalue weighted by atomic mass is 10.1. The molecule has 3 heterocycles. The minimum absolute atomic E-state index is 0.0908. The summed E-state index contributed by atoms with van der Waals surface area (Å²) in [5.74, 6) is 0.142. The van der Waals surface area contributed by atoms with Gasteiger partial charge in [-0.15, -0.1) is 11.3 Å². The van der Waals surface area contributed by atoms with Crippen LogP contribution in [0.2, 0.25) is 0 Å². The quantitative estimate of drug-likeness (QED) is 0.407. The molecule has 33 heavy (non-hydrogen) atoms. The summed E-state index contributed by atoms with van der Waals surface area (Å²) in [5, 5.41) is 3.95. The highest BCUT2D eigenvalue weighted by molar-refractivity contribution is 7.99. The maximum Gasteiger partial charge on any atom is 0.257 e. The number of nitrogen functional groups attached to an aromatic ring is 1. The first-order valence-electron chi connectivity index (χ1n) is 10.5. The summed E-state index contributed by atoms with van der Waals surface area (Å²) in [6.07, 6.45) is 0. The van der Waals surface area contributed by atoms with Crippen molar-refractivity contribution >= 4 is 45.7 Å².